The number of hydrogen-bond acceptors (Lipinski definition) is 6. The lowest BCUT2D eigenvalue weighted by molar-refractivity contribution is -0.154. The van der Waals surface area contributed by atoms with E-state index in [0.29, 0.717) is 18.5 Å². The fourth-order valence-electron chi connectivity index (χ4n) is 2.81. The van der Waals surface area contributed by atoms with E-state index in [4.69, 9.17) is 4.74 Å². The lowest BCUT2D eigenvalue weighted by Crippen LogP contribution is -2.37. The van der Waals surface area contributed by atoms with Gasteiger partial charge in [-0.25, -0.2) is 8.42 Å². The summed E-state index contributed by atoms with van der Waals surface area (Å²) in [6, 6.07) is 15.7. The molecule has 1 unspecified atom stereocenters. The predicted molar refractivity (Wildman–Crippen MR) is 107 cm³/mol. The smallest absolute Gasteiger partial charge is 0.328 e. The molecule has 0 fully saturated rings. The molecule has 0 aliphatic carbocycles. The highest BCUT2D eigenvalue weighted by atomic mass is 32.2. The van der Waals surface area contributed by atoms with Crippen LogP contribution >= 0.6 is 0 Å². The fraction of sp³-hybridized carbons (Fsp3) is 0.250. The Balaban J connectivity index is 1.58. The molecule has 1 amide bonds. The van der Waals surface area contributed by atoms with Gasteiger partial charge in [0.1, 0.15) is 12.4 Å². The second-order valence-corrected chi connectivity index (χ2v) is 8.01. The first-order valence-corrected chi connectivity index (χ1v) is 10.6. The van der Waals surface area contributed by atoms with Crippen LogP contribution in [0, 0.1) is 0 Å². The van der Waals surface area contributed by atoms with Gasteiger partial charge >= 0.3 is 5.97 Å². The van der Waals surface area contributed by atoms with Crippen molar-refractivity contribution in [3.63, 3.8) is 0 Å². The van der Waals surface area contributed by atoms with Crippen LogP contribution in [0.15, 0.2) is 64.5 Å². The van der Waals surface area contributed by atoms with Gasteiger partial charge in [0.2, 0.25) is 0 Å². The van der Waals surface area contributed by atoms with Crippen LogP contribution in [-0.2, 0) is 30.9 Å². The molecular formula is C20H21N3O5S. The molecule has 8 nitrogen and oxygen atoms in total. The molecule has 3 rings (SSSR count). The summed E-state index contributed by atoms with van der Waals surface area (Å²) in [5.74, 6) is -1.04. The van der Waals surface area contributed by atoms with E-state index in [-0.39, 0.29) is 10.7 Å². The Hall–Kier alpha value is -3.20. The first kappa shape index (κ1) is 20.5. The van der Waals surface area contributed by atoms with Gasteiger partial charge in [0.15, 0.2) is 6.10 Å². The van der Waals surface area contributed by atoms with Crippen molar-refractivity contribution < 1.29 is 22.7 Å². The number of fused-ring (bicyclic) bond motifs is 1. The van der Waals surface area contributed by atoms with Gasteiger partial charge in [0.05, 0.1) is 4.90 Å². The number of nitrogens with zero attached hydrogens (tertiary/aromatic N) is 1. The molecule has 2 N–H and O–H groups in total. The maximum Gasteiger partial charge on any atom is 0.328 e. The maximum atomic E-state index is 12.3. The molecule has 9 heteroatoms. The van der Waals surface area contributed by atoms with Gasteiger partial charge < -0.3 is 10.1 Å². The molecule has 0 aromatic heterocycles. The Morgan fingerprint density at radius 2 is 1.79 bits per heavy atom. The van der Waals surface area contributed by atoms with Gasteiger partial charge in [-0.05, 0) is 24.1 Å². The Bertz CT molecular complexity index is 1040. The summed E-state index contributed by atoms with van der Waals surface area (Å²) in [6.07, 6.45) is -0.641. The number of amides is 1. The quantitative estimate of drug-likeness (QED) is 0.663. The first-order valence-electron chi connectivity index (χ1n) is 9.08. The van der Waals surface area contributed by atoms with E-state index in [0.717, 1.165) is 5.56 Å². The number of rotatable bonds is 7. The molecule has 29 heavy (non-hydrogen) atoms. The third-order valence-corrected chi connectivity index (χ3v) is 5.67. The lowest BCUT2D eigenvalue weighted by Gasteiger charge is -2.15. The normalized spacial score (nSPS) is 16.5. The molecule has 2 aromatic rings. The van der Waals surface area contributed by atoms with Crippen LogP contribution in [-0.4, -0.2) is 38.8 Å². The minimum Gasteiger partial charge on any atom is -0.451 e. The third kappa shape index (κ3) is 5.00. The highest BCUT2D eigenvalue weighted by Gasteiger charge is 2.30. The van der Waals surface area contributed by atoms with Crippen molar-refractivity contribution in [1.82, 2.24) is 10.0 Å². The van der Waals surface area contributed by atoms with Crippen LogP contribution in [0.4, 0.5) is 0 Å². The molecule has 0 bridgehead atoms. The molecule has 152 valence electrons. The van der Waals surface area contributed by atoms with Gasteiger partial charge in [0.25, 0.3) is 15.9 Å². The molecular weight excluding hydrogens is 394 g/mol. The van der Waals surface area contributed by atoms with Gasteiger partial charge in [-0.15, -0.1) is 0 Å². The van der Waals surface area contributed by atoms with Gasteiger partial charge in [-0.2, -0.15) is 0 Å². The number of ether oxygens (including phenoxy) is 1. The Morgan fingerprint density at radius 1 is 1.10 bits per heavy atom. The Kier molecular flexibility index (Phi) is 6.28. The average molecular weight is 415 g/mol. The van der Waals surface area contributed by atoms with E-state index in [1.165, 1.54) is 6.07 Å². The van der Waals surface area contributed by atoms with Gasteiger partial charge in [-0.1, -0.05) is 49.4 Å². The molecule has 1 aliphatic heterocycles. The van der Waals surface area contributed by atoms with Crippen molar-refractivity contribution in [3.05, 3.63) is 65.7 Å². The summed E-state index contributed by atoms with van der Waals surface area (Å²) in [5, 5.41) is 2.73. The van der Waals surface area contributed by atoms with E-state index in [1.54, 1.807) is 25.1 Å². The van der Waals surface area contributed by atoms with E-state index >= 15 is 0 Å². The minimum absolute atomic E-state index is 0.0825. The van der Waals surface area contributed by atoms with Crippen molar-refractivity contribution in [2.24, 2.45) is 4.99 Å². The van der Waals surface area contributed by atoms with Crippen LogP contribution in [0.1, 0.15) is 24.5 Å². The molecule has 0 spiro atoms. The first-order chi connectivity index (χ1) is 13.9. The molecule has 0 radical (unpaired) electrons. The predicted octanol–water partition coefficient (Wildman–Crippen LogP) is 1.36. The average Bonchev–Trinajstić information content (AvgIpc) is 3.00. The van der Waals surface area contributed by atoms with Crippen molar-refractivity contribution in [2.45, 2.75) is 30.9 Å². The Labute approximate surface area is 169 Å². The number of carbonyl (C=O) groups is 2. The zero-order valence-corrected chi connectivity index (χ0v) is 16.6. The van der Waals surface area contributed by atoms with E-state index < -0.39 is 34.5 Å². The topological polar surface area (TPSA) is 114 Å². The number of sulfonamides is 1. The maximum absolute atomic E-state index is 12.3. The number of aliphatic imine (C=N–C) groups is 1. The van der Waals surface area contributed by atoms with E-state index in [9.17, 15) is 18.0 Å². The number of amidine groups is 1. The molecule has 2 aromatic carbocycles. The summed E-state index contributed by atoms with van der Waals surface area (Å²) in [4.78, 5) is 28.5. The second-order valence-electron chi connectivity index (χ2n) is 6.36. The Morgan fingerprint density at radius 3 is 2.52 bits per heavy atom. The number of nitrogens with one attached hydrogen (secondary N) is 2. The lowest BCUT2D eigenvalue weighted by atomic mass is 10.2. The summed E-state index contributed by atoms with van der Waals surface area (Å²) in [6.45, 7) is 1.65. The van der Waals surface area contributed by atoms with Crippen LogP contribution in [0.2, 0.25) is 0 Å². The third-order valence-electron chi connectivity index (χ3n) is 4.28. The van der Waals surface area contributed by atoms with Crippen molar-refractivity contribution in [2.75, 3.05) is 6.54 Å². The van der Waals surface area contributed by atoms with Crippen LogP contribution in [0.3, 0.4) is 0 Å². The largest absolute Gasteiger partial charge is 0.451 e. The number of benzene rings is 2. The summed E-state index contributed by atoms with van der Waals surface area (Å²) in [7, 11) is -3.67. The SMILES string of the molecule is CCC(OC(=O)CN=C1NS(=O)(=O)c2ccccc21)C(=O)NCc1ccccc1. The van der Waals surface area contributed by atoms with Gasteiger partial charge in [0, 0.05) is 12.1 Å². The highest BCUT2D eigenvalue weighted by Crippen LogP contribution is 2.22. The van der Waals surface area contributed by atoms with Gasteiger partial charge in [-0.3, -0.25) is 19.3 Å². The molecule has 1 aliphatic rings. The van der Waals surface area contributed by atoms with E-state index in [2.05, 4.69) is 15.0 Å². The minimum atomic E-state index is -3.67. The van der Waals surface area contributed by atoms with Crippen LogP contribution < -0.4 is 10.0 Å². The molecule has 1 heterocycles. The number of hydrogen-bond donors (Lipinski definition) is 2. The van der Waals surface area contributed by atoms with E-state index in [1.807, 2.05) is 30.3 Å². The molecule has 1 atom stereocenters. The van der Waals surface area contributed by atoms with Crippen LogP contribution in [0.25, 0.3) is 0 Å². The molecule has 0 saturated heterocycles. The highest BCUT2D eigenvalue weighted by molar-refractivity contribution is 7.90. The second kappa shape index (κ2) is 8.87. The zero-order valence-electron chi connectivity index (χ0n) is 15.8. The number of carbonyl (C=O) groups excluding carboxylic acids is 2. The van der Waals surface area contributed by atoms with Crippen molar-refractivity contribution in [3.8, 4) is 0 Å². The van der Waals surface area contributed by atoms with Crippen LogP contribution in [0.5, 0.6) is 0 Å². The van der Waals surface area contributed by atoms with Crippen molar-refractivity contribution in [1.29, 1.82) is 0 Å². The molecule has 0 saturated carbocycles. The number of esters is 1. The fourth-order valence-corrected chi connectivity index (χ4v) is 4.06. The zero-order chi connectivity index (χ0) is 20.9. The summed E-state index contributed by atoms with van der Waals surface area (Å²) < 4.78 is 31.6. The summed E-state index contributed by atoms with van der Waals surface area (Å²) in [5.41, 5.74) is 1.33. The van der Waals surface area contributed by atoms with Crippen molar-refractivity contribution >= 4 is 27.7 Å². The summed E-state index contributed by atoms with van der Waals surface area (Å²) >= 11 is 0. The monoisotopic (exact) mass is 415 g/mol. The standard InChI is InChI=1S/C20H21N3O5S/c1-2-16(20(25)22-12-14-8-4-3-5-9-14)28-18(24)13-21-19-15-10-6-7-11-17(15)29(26,27)23-19/h3-11,16H,2,12-13H2,1H3,(H,21,23)(H,22,25).